The highest BCUT2D eigenvalue weighted by Crippen LogP contribution is 2.38. The molecule has 6 heteroatoms. The summed E-state index contributed by atoms with van der Waals surface area (Å²) in [5.74, 6) is -0.712. The van der Waals surface area contributed by atoms with E-state index in [0.29, 0.717) is 12.8 Å². The third-order valence-electron chi connectivity index (χ3n) is 5.18. The van der Waals surface area contributed by atoms with Crippen molar-refractivity contribution in [3.05, 3.63) is 35.1 Å². The Morgan fingerprint density at radius 3 is 2.72 bits per heavy atom. The fourth-order valence-electron chi connectivity index (χ4n) is 3.58. The SMILES string of the molecule is COC(=O)C1(NC(=O)Cc2coc3c(C)c(C)ccc23)CC(CO)C1. The lowest BCUT2D eigenvalue weighted by molar-refractivity contribution is -0.158. The highest BCUT2D eigenvalue weighted by molar-refractivity contribution is 5.93. The summed E-state index contributed by atoms with van der Waals surface area (Å²) in [7, 11) is 1.30. The number of carbonyl (C=O) groups excluding carboxylic acids is 2. The molecule has 2 aromatic rings. The van der Waals surface area contributed by atoms with Crippen LogP contribution in [-0.2, 0) is 20.7 Å². The molecule has 0 saturated heterocycles. The fraction of sp³-hybridized carbons (Fsp3) is 0.474. The van der Waals surface area contributed by atoms with Crippen molar-refractivity contribution in [2.45, 2.75) is 38.6 Å². The molecule has 0 atom stereocenters. The summed E-state index contributed by atoms with van der Waals surface area (Å²) in [6.07, 6.45) is 2.51. The Morgan fingerprint density at radius 1 is 1.36 bits per heavy atom. The molecule has 1 aromatic carbocycles. The number of ether oxygens (including phenoxy) is 1. The standard InChI is InChI=1S/C19H23NO5/c1-11-4-5-15-14(10-25-17(15)12(11)2)6-16(22)20-19(18(23)24-3)7-13(8-19)9-21/h4-5,10,13,21H,6-9H2,1-3H3,(H,20,22). The summed E-state index contributed by atoms with van der Waals surface area (Å²) >= 11 is 0. The summed E-state index contributed by atoms with van der Waals surface area (Å²) in [6, 6.07) is 3.95. The third-order valence-corrected chi connectivity index (χ3v) is 5.18. The van der Waals surface area contributed by atoms with E-state index >= 15 is 0 Å². The van der Waals surface area contributed by atoms with Crippen LogP contribution in [0.1, 0.15) is 29.5 Å². The highest BCUT2D eigenvalue weighted by atomic mass is 16.5. The molecule has 134 valence electrons. The van der Waals surface area contributed by atoms with Gasteiger partial charge in [-0.05, 0) is 43.7 Å². The number of fused-ring (bicyclic) bond motifs is 1. The minimum Gasteiger partial charge on any atom is -0.467 e. The Morgan fingerprint density at radius 2 is 2.08 bits per heavy atom. The molecule has 25 heavy (non-hydrogen) atoms. The number of esters is 1. The first-order valence-corrected chi connectivity index (χ1v) is 8.36. The number of hydrogen-bond acceptors (Lipinski definition) is 5. The quantitative estimate of drug-likeness (QED) is 0.810. The van der Waals surface area contributed by atoms with E-state index in [-0.39, 0.29) is 24.9 Å². The van der Waals surface area contributed by atoms with Crippen molar-refractivity contribution in [1.82, 2.24) is 5.32 Å². The lowest BCUT2D eigenvalue weighted by atomic mass is 9.68. The van der Waals surface area contributed by atoms with Crippen LogP contribution in [0.25, 0.3) is 11.0 Å². The van der Waals surface area contributed by atoms with Crippen LogP contribution in [0.15, 0.2) is 22.8 Å². The van der Waals surface area contributed by atoms with Gasteiger partial charge in [-0.2, -0.15) is 0 Å². The predicted octanol–water partition coefficient (Wildman–Crippen LogP) is 2.02. The molecule has 1 amide bonds. The molecular formula is C19H23NO5. The minimum atomic E-state index is -1.02. The molecule has 0 unspecified atom stereocenters. The maximum atomic E-state index is 12.5. The number of amides is 1. The van der Waals surface area contributed by atoms with E-state index in [9.17, 15) is 14.7 Å². The van der Waals surface area contributed by atoms with Crippen molar-refractivity contribution in [2.75, 3.05) is 13.7 Å². The molecule has 6 nitrogen and oxygen atoms in total. The maximum Gasteiger partial charge on any atom is 0.331 e. The van der Waals surface area contributed by atoms with Gasteiger partial charge in [0.2, 0.25) is 5.91 Å². The second-order valence-corrected chi connectivity index (χ2v) is 6.90. The number of furan rings is 1. The second-order valence-electron chi connectivity index (χ2n) is 6.90. The van der Waals surface area contributed by atoms with Crippen LogP contribution >= 0.6 is 0 Å². The summed E-state index contributed by atoms with van der Waals surface area (Å²) in [6.45, 7) is 4.00. The van der Waals surface area contributed by atoms with Gasteiger partial charge in [0.1, 0.15) is 11.1 Å². The van der Waals surface area contributed by atoms with Crippen LogP contribution < -0.4 is 5.32 Å². The van der Waals surface area contributed by atoms with Gasteiger partial charge >= 0.3 is 5.97 Å². The van der Waals surface area contributed by atoms with Gasteiger partial charge in [-0.25, -0.2) is 4.79 Å². The zero-order valence-electron chi connectivity index (χ0n) is 14.7. The number of nitrogens with one attached hydrogen (secondary N) is 1. The van der Waals surface area contributed by atoms with E-state index in [1.54, 1.807) is 6.26 Å². The largest absolute Gasteiger partial charge is 0.467 e. The van der Waals surface area contributed by atoms with Crippen molar-refractivity contribution in [3.8, 4) is 0 Å². The molecule has 0 bridgehead atoms. The van der Waals surface area contributed by atoms with E-state index in [1.165, 1.54) is 7.11 Å². The van der Waals surface area contributed by atoms with E-state index in [2.05, 4.69) is 5.32 Å². The summed E-state index contributed by atoms with van der Waals surface area (Å²) in [4.78, 5) is 24.6. The van der Waals surface area contributed by atoms with E-state index < -0.39 is 11.5 Å². The zero-order valence-corrected chi connectivity index (χ0v) is 14.7. The lowest BCUT2D eigenvalue weighted by Gasteiger charge is -2.44. The number of aliphatic hydroxyl groups excluding tert-OH is 1. The topological polar surface area (TPSA) is 88.8 Å². The minimum absolute atomic E-state index is 0.000386. The van der Waals surface area contributed by atoms with Gasteiger partial charge in [-0.1, -0.05) is 12.1 Å². The van der Waals surface area contributed by atoms with Crippen LogP contribution in [0.3, 0.4) is 0 Å². The van der Waals surface area contributed by atoms with Crippen molar-refractivity contribution in [2.24, 2.45) is 5.92 Å². The van der Waals surface area contributed by atoms with E-state index in [0.717, 1.165) is 27.7 Å². The number of rotatable bonds is 5. The van der Waals surface area contributed by atoms with Gasteiger partial charge in [-0.15, -0.1) is 0 Å². The Hall–Kier alpha value is -2.34. The van der Waals surface area contributed by atoms with Gasteiger partial charge in [0.15, 0.2) is 0 Å². The van der Waals surface area contributed by atoms with Gasteiger partial charge in [-0.3, -0.25) is 4.79 Å². The molecule has 1 aliphatic carbocycles. The van der Waals surface area contributed by atoms with Crippen molar-refractivity contribution in [1.29, 1.82) is 0 Å². The molecule has 0 spiro atoms. The molecule has 0 radical (unpaired) electrons. The summed E-state index contributed by atoms with van der Waals surface area (Å²) < 4.78 is 10.5. The monoisotopic (exact) mass is 345 g/mol. The molecule has 1 aliphatic rings. The van der Waals surface area contributed by atoms with Crippen LogP contribution in [0.2, 0.25) is 0 Å². The van der Waals surface area contributed by atoms with Crippen LogP contribution in [0, 0.1) is 19.8 Å². The zero-order chi connectivity index (χ0) is 18.2. The van der Waals surface area contributed by atoms with Crippen molar-refractivity contribution >= 4 is 22.8 Å². The smallest absolute Gasteiger partial charge is 0.331 e. The Kier molecular flexibility index (Phi) is 4.56. The molecule has 1 fully saturated rings. The molecular weight excluding hydrogens is 322 g/mol. The maximum absolute atomic E-state index is 12.5. The molecule has 1 aromatic heterocycles. The number of methoxy groups -OCH3 is 1. The van der Waals surface area contributed by atoms with Crippen LogP contribution in [0.4, 0.5) is 0 Å². The highest BCUT2D eigenvalue weighted by Gasteiger charge is 2.51. The molecule has 1 heterocycles. The first-order chi connectivity index (χ1) is 11.9. The second kappa shape index (κ2) is 6.52. The third kappa shape index (κ3) is 3.02. The first-order valence-electron chi connectivity index (χ1n) is 8.36. The van der Waals surface area contributed by atoms with Crippen molar-refractivity contribution < 1.29 is 23.8 Å². The van der Waals surface area contributed by atoms with E-state index in [4.69, 9.17) is 9.15 Å². The van der Waals surface area contributed by atoms with Gasteiger partial charge < -0.3 is 19.6 Å². The normalized spacial score (nSPS) is 22.5. The number of carbonyl (C=O) groups is 2. The van der Waals surface area contributed by atoms with Crippen LogP contribution in [-0.4, -0.2) is 36.2 Å². The molecule has 3 rings (SSSR count). The molecule has 0 aliphatic heterocycles. The van der Waals surface area contributed by atoms with Crippen LogP contribution in [0.5, 0.6) is 0 Å². The van der Waals surface area contributed by atoms with Gasteiger partial charge in [0, 0.05) is 17.6 Å². The van der Waals surface area contributed by atoms with Gasteiger partial charge in [0.05, 0.1) is 19.8 Å². The molecule has 1 saturated carbocycles. The van der Waals surface area contributed by atoms with Crippen molar-refractivity contribution in [3.63, 3.8) is 0 Å². The molecule has 2 N–H and O–H groups in total. The Balaban J connectivity index is 1.76. The average Bonchev–Trinajstić information content (AvgIpc) is 2.96. The summed E-state index contributed by atoms with van der Waals surface area (Å²) in [5, 5.41) is 12.9. The number of aliphatic hydroxyl groups is 1. The Bertz CT molecular complexity index is 817. The predicted molar refractivity (Wildman–Crippen MR) is 92.1 cm³/mol. The average molecular weight is 345 g/mol. The van der Waals surface area contributed by atoms with Gasteiger partial charge in [0.25, 0.3) is 0 Å². The Labute approximate surface area is 146 Å². The van der Waals surface area contributed by atoms with E-state index in [1.807, 2.05) is 26.0 Å². The summed E-state index contributed by atoms with van der Waals surface area (Å²) in [5.41, 5.74) is 2.74. The fourth-order valence-corrected chi connectivity index (χ4v) is 3.58. The number of benzene rings is 1. The lowest BCUT2D eigenvalue weighted by Crippen LogP contribution is -2.63. The number of hydrogen-bond donors (Lipinski definition) is 2. The first kappa shape index (κ1) is 17.5. The number of aryl methyl sites for hydroxylation is 2.